The van der Waals surface area contributed by atoms with E-state index >= 15 is 0 Å². The Morgan fingerprint density at radius 3 is 2.59 bits per heavy atom. The van der Waals surface area contributed by atoms with Gasteiger partial charge in [-0.15, -0.1) is 0 Å². The Kier molecular flexibility index (Phi) is 3.44. The van der Waals surface area contributed by atoms with Gasteiger partial charge in [0.2, 0.25) is 5.95 Å². The summed E-state index contributed by atoms with van der Waals surface area (Å²) in [5.74, 6) is 0.534. The molecule has 4 nitrogen and oxygen atoms in total. The molecule has 0 fully saturated rings. The Morgan fingerprint density at radius 1 is 1.24 bits per heavy atom. The number of nitrogen functional groups attached to an aromatic ring is 1. The maximum atomic E-state index is 5.85. The van der Waals surface area contributed by atoms with Gasteiger partial charge in [-0.3, -0.25) is 0 Å². The highest BCUT2D eigenvalue weighted by Gasteiger charge is 2.00. The molecule has 0 aliphatic rings. The predicted molar refractivity (Wildman–Crippen MR) is 70.0 cm³/mol. The molecule has 0 aliphatic carbocycles. The lowest BCUT2D eigenvalue weighted by atomic mass is 10.2. The fraction of sp³-hybridized carbons (Fsp3) is 0.167. The quantitative estimate of drug-likeness (QED) is 0.648. The zero-order chi connectivity index (χ0) is 12.3. The van der Waals surface area contributed by atoms with E-state index in [1.807, 2.05) is 31.2 Å². The maximum absolute atomic E-state index is 5.85. The molecule has 17 heavy (non-hydrogen) atoms. The minimum absolute atomic E-state index is 0.442. The van der Waals surface area contributed by atoms with Crippen LogP contribution in [0.5, 0.6) is 0 Å². The number of anilines is 2. The third-order valence-electron chi connectivity index (χ3n) is 2.25. The zero-order valence-corrected chi connectivity index (χ0v) is 10.2. The molecule has 0 aliphatic heterocycles. The topological polar surface area (TPSA) is 63.8 Å². The first kappa shape index (κ1) is 11.7. The van der Waals surface area contributed by atoms with Gasteiger partial charge in [0.05, 0.1) is 0 Å². The van der Waals surface area contributed by atoms with Gasteiger partial charge in [-0.05, 0) is 30.7 Å². The summed E-state index contributed by atoms with van der Waals surface area (Å²) in [6.45, 7) is 2.52. The first-order valence-corrected chi connectivity index (χ1v) is 5.61. The van der Waals surface area contributed by atoms with Gasteiger partial charge in [-0.1, -0.05) is 23.7 Å². The molecule has 0 unspecified atom stereocenters. The second-order valence-electron chi connectivity index (χ2n) is 3.75. The lowest BCUT2D eigenvalue weighted by Gasteiger charge is -2.06. The van der Waals surface area contributed by atoms with Crippen LogP contribution in [0, 0.1) is 6.92 Å². The summed E-state index contributed by atoms with van der Waals surface area (Å²) in [4.78, 5) is 8.32. The SMILES string of the molecule is Cc1cc(Cl)nc(NCc2ccc(N)cc2)n1. The molecule has 0 spiro atoms. The summed E-state index contributed by atoms with van der Waals surface area (Å²) in [7, 11) is 0. The normalized spacial score (nSPS) is 10.2. The van der Waals surface area contributed by atoms with Crippen LogP contribution >= 0.6 is 11.6 Å². The number of aryl methyl sites for hydroxylation is 1. The molecule has 88 valence electrons. The van der Waals surface area contributed by atoms with Crippen LogP contribution in [-0.4, -0.2) is 9.97 Å². The van der Waals surface area contributed by atoms with Gasteiger partial charge in [0.25, 0.3) is 0 Å². The number of aromatic nitrogens is 2. The molecule has 3 N–H and O–H groups in total. The number of nitrogens with zero attached hydrogens (tertiary/aromatic N) is 2. The van der Waals surface area contributed by atoms with Gasteiger partial charge in [-0.2, -0.15) is 0 Å². The van der Waals surface area contributed by atoms with Crippen molar-refractivity contribution in [3.05, 3.63) is 46.7 Å². The highest BCUT2D eigenvalue weighted by Crippen LogP contribution is 2.11. The third-order valence-corrected chi connectivity index (χ3v) is 2.45. The van der Waals surface area contributed by atoms with E-state index in [9.17, 15) is 0 Å². The van der Waals surface area contributed by atoms with E-state index in [1.54, 1.807) is 6.07 Å². The number of nitrogens with one attached hydrogen (secondary N) is 1. The number of hydrogen-bond acceptors (Lipinski definition) is 4. The van der Waals surface area contributed by atoms with Gasteiger partial charge < -0.3 is 11.1 Å². The number of hydrogen-bond donors (Lipinski definition) is 2. The fourth-order valence-corrected chi connectivity index (χ4v) is 1.66. The molecule has 1 heterocycles. The Bertz CT molecular complexity index is 490. The van der Waals surface area contributed by atoms with E-state index in [0.717, 1.165) is 16.9 Å². The summed E-state index contributed by atoms with van der Waals surface area (Å²) < 4.78 is 0. The van der Waals surface area contributed by atoms with Crippen molar-refractivity contribution in [2.45, 2.75) is 13.5 Å². The third kappa shape index (κ3) is 3.32. The molecule has 0 amide bonds. The van der Waals surface area contributed by atoms with Crippen LogP contribution in [0.25, 0.3) is 0 Å². The summed E-state index contributed by atoms with van der Waals surface area (Å²) >= 11 is 5.85. The van der Waals surface area contributed by atoms with E-state index in [0.29, 0.717) is 17.6 Å². The lowest BCUT2D eigenvalue weighted by molar-refractivity contribution is 1.03. The van der Waals surface area contributed by atoms with E-state index in [1.165, 1.54) is 0 Å². The molecule has 0 saturated heterocycles. The minimum Gasteiger partial charge on any atom is -0.399 e. The molecule has 2 aromatic rings. The van der Waals surface area contributed by atoms with Crippen LogP contribution in [0.1, 0.15) is 11.3 Å². The van der Waals surface area contributed by atoms with Crippen molar-refractivity contribution in [1.82, 2.24) is 9.97 Å². The first-order chi connectivity index (χ1) is 8.13. The lowest BCUT2D eigenvalue weighted by Crippen LogP contribution is -2.04. The molecule has 2 rings (SSSR count). The Hall–Kier alpha value is -1.81. The van der Waals surface area contributed by atoms with Crippen LogP contribution in [-0.2, 0) is 6.54 Å². The molecule has 0 bridgehead atoms. The summed E-state index contributed by atoms with van der Waals surface area (Å²) in [6, 6.07) is 9.36. The van der Waals surface area contributed by atoms with Crippen LogP contribution < -0.4 is 11.1 Å². The maximum Gasteiger partial charge on any atom is 0.224 e. The second kappa shape index (κ2) is 5.01. The average Bonchev–Trinajstić information content (AvgIpc) is 2.27. The van der Waals surface area contributed by atoms with Gasteiger partial charge in [0.1, 0.15) is 5.15 Å². The standard InChI is InChI=1S/C12H13ClN4/c1-8-6-11(13)17-12(16-8)15-7-9-2-4-10(14)5-3-9/h2-6H,7,14H2,1H3,(H,15,16,17). The highest BCUT2D eigenvalue weighted by atomic mass is 35.5. The van der Waals surface area contributed by atoms with Crippen molar-refractivity contribution in [3.8, 4) is 0 Å². The Labute approximate surface area is 105 Å². The smallest absolute Gasteiger partial charge is 0.224 e. The Balaban J connectivity index is 2.04. The minimum atomic E-state index is 0.442. The molecule has 0 saturated carbocycles. The largest absolute Gasteiger partial charge is 0.399 e. The molecule has 0 radical (unpaired) electrons. The van der Waals surface area contributed by atoms with Crippen molar-refractivity contribution in [2.75, 3.05) is 11.1 Å². The van der Waals surface area contributed by atoms with Gasteiger partial charge in [-0.25, -0.2) is 9.97 Å². The molecule has 1 aromatic carbocycles. The van der Waals surface area contributed by atoms with Crippen molar-refractivity contribution < 1.29 is 0 Å². The molecule has 0 atom stereocenters. The van der Waals surface area contributed by atoms with Crippen LogP contribution in [0.3, 0.4) is 0 Å². The van der Waals surface area contributed by atoms with Crippen molar-refractivity contribution in [2.24, 2.45) is 0 Å². The summed E-state index contributed by atoms with van der Waals surface area (Å²) in [5.41, 5.74) is 8.31. The molecule has 1 aromatic heterocycles. The van der Waals surface area contributed by atoms with E-state index in [-0.39, 0.29) is 0 Å². The zero-order valence-electron chi connectivity index (χ0n) is 9.44. The van der Waals surface area contributed by atoms with Crippen molar-refractivity contribution in [3.63, 3.8) is 0 Å². The number of rotatable bonds is 3. The second-order valence-corrected chi connectivity index (χ2v) is 4.14. The highest BCUT2D eigenvalue weighted by molar-refractivity contribution is 6.29. The van der Waals surface area contributed by atoms with Gasteiger partial charge in [0.15, 0.2) is 0 Å². The van der Waals surface area contributed by atoms with E-state index in [2.05, 4.69) is 15.3 Å². The summed E-state index contributed by atoms with van der Waals surface area (Å²) in [5, 5.41) is 3.56. The van der Waals surface area contributed by atoms with Crippen LogP contribution in [0.2, 0.25) is 5.15 Å². The molecular formula is C12H13ClN4. The van der Waals surface area contributed by atoms with Crippen LogP contribution in [0.15, 0.2) is 30.3 Å². The van der Waals surface area contributed by atoms with Crippen molar-refractivity contribution in [1.29, 1.82) is 0 Å². The van der Waals surface area contributed by atoms with Gasteiger partial charge >= 0.3 is 0 Å². The van der Waals surface area contributed by atoms with Crippen LogP contribution in [0.4, 0.5) is 11.6 Å². The fourth-order valence-electron chi connectivity index (χ4n) is 1.43. The van der Waals surface area contributed by atoms with E-state index < -0.39 is 0 Å². The number of halogens is 1. The number of benzene rings is 1. The Morgan fingerprint density at radius 2 is 1.94 bits per heavy atom. The first-order valence-electron chi connectivity index (χ1n) is 5.23. The van der Waals surface area contributed by atoms with Crippen molar-refractivity contribution >= 4 is 23.2 Å². The predicted octanol–water partition coefficient (Wildman–Crippen LogP) is 2.63. The molecule has 5 heteroatoms. The number of nitrogens with two attached hydrogens (primary N) is 1. The van der Waals surface area contributed by atoms with E-state index in [4.69, 9.17) is 17.3 Å². The molecular weight excluding hydrogens is 236 g/mol. The monoisotopic (exact) mass is 248 g/mol. The van der Waals surface area contributed by atoms with Gasteiger partial charge in [0, 0.05) is 17.9 Å². The average molecular weight is 249 g/mol. The summed E-state index contributed by atoms with van der Waals surface area (Å²) in [6.07, 6.45) is 0.